The first-order valence-electron chi connectivity index (χ1n) is 8.14. The molecular weight excluding hydrogens is 316 g/mol. The monoisotopic (exact) mass is 360 g/mol. The van der Waals surface area contributed by atoms with Crippen LogP contribution in [0.25, 0.3) is 0 Å². The molecule has 0 aromatic rings. The average Bonchev–Trinajstić information content (AvgIpc) is 2.05. The molecule has 0 saturated heterocycles. The van der Waals surface area contributed by atoms with E-state index in [0.29, 0.717) is 0 Å². The molecule has 0 saturated carbocycles. The number of nitrogens with two attached hydrogens (primary N) is 1. The molecule has 0 fully saturated rings. The summed E-state index contributed by atoms with van der Waals surface area (Å²) in [6.45, 7) is 23.2. The van der Waals surface area contributed by atoms with Crippen molar-refractivity contribution < 1.29 is 9.59 Å². The zero-order valence-electron chi connectivity index (χ0n) is 17.8. The summed E-state index contributed by atoms with van der Waals surface area (Å²) in [4.78, 5) is 24.2. The lowest BCUT2D eigenvalue weighted by atomic mass is 10.1. The van der Waals surface area contributed by atoms with Gasteiger partial charge < -0.3 is 16.4 Å². The number of urea groups is 1. The fraction of sp³-hybridized carbons (Fsp3) is 0.895. The number of aliphatic imine (C=N–C) groups is 1. The molecular formula is C19H44N4O2. The van der Waals surface area contributed by atoms with Crippen LogP contribution in [0, 0.1) is 0 Å². The van der Waals surface area contributed by atoms with Crippen LogP contribution < -0.4 is 16.4 Å². The van der Waals surface area contributed by atoms with E-state index in [1.807, 2.05) is 83.1 Å². The van der Waals surface area contributed by atoms with Crippen molar-refractivity contribution in [1.29, 1.82) is 0 Å². The summed E-state index contributed by atoms with van der Waals surface area (Å²) in [5, 5.41) is 5.65. The second-order valence-electron chi connectivity index (χ2n) is 9.82. The molecule has 0 spiro atoms. The molecule has 4 N–H and O–H groups in total. The summed E-state index contributed by atoms with van der Waals surface area (Å²) in [5.74, 6) is 0. The molecule has 0 heterocycles. The molecule has 0 atom stereocenters. The normalized spacial score (nSPS) is 11.2. The molecule has 152 valence electrons. The van der Waals surface area contributed by atoms with Gasteiger partial charge in [-0.2, -0.15) is 0 Å². The molecule has 2 amide bonds. The van der Waals surface area contributed by atoms with Gasteiger partial charge in [-0.3, -0.25) is 0 Å². The number of hydrogen-bond donors (Lipinski definition) is 3. The zero-order valence-corrected chi connectivity index (χ0v) is 17.8. The van der Waals surface area contributed by atoms with E-state index < -0.39 is 0 Å². The van der Waals surface area contributed by atoms with Gasteiger partial charge in [-0.15, -0.1) is 0 Å². The SMILES string of the molecule is C.CC(C)(C)N.CC(C)(C)N=C=O.CC(C)(C)NC(=O)NC(C)(C)C. The molecule has 0 bridgehead atoms. The highest BCUT2D eigenvalue weighted by molar-refractivity contribution is 5.75. The first kappa shape index (κ1) is 31.4. The van der Waals surface area contributed by atoms with Crippen LogP contribution in [0.1, 0.15) is 90.5 Å². The molecule has 0 rings (SSSR count). The highest BCUT2D eigenvalue weighted by Gasteiger charge is 2.18. The topological polar surface area (TPSA) is 96.6 Å². The van der Waals surface area contributed by atoms with Gasteiger partial charge in [0.25, 0.3) is 0 Å². The molecule has 0 radical (unpaired) electrons. The Kier molecular flexibility index (Phi) is 15.1. The van der Waals surface area contributed by atoms with Gasteiger partial charge in [0.1, 0.15) is 0 Å². The van der Waals surface area contributed by atoms with E-state index in [0.717, 1.165) is 0 Å². The Morgan fingerprint density at radius 3 is 1.12 bits per heavy atom. The predicted octanol–water partition coefficient (Wildman–Crippen LogP) is 4.38. The predicted molar refractivity (Wildman–Crippen MR) is 110 cm³/mol. The smallest absolute Gasteiger partial charge is 0.315 e. The van der Waals surface area contributed by atoms with Gasteiger partial charge in [0, 0.05) is 16.6 Å². The summed E-state index contributed by atoms with van der Waals surface area (Å²) in [6.07, 6.45) is 1.48. The fourth-order valence-corrected chi connectivity index (χ4v) is 0.849. The van der Waals surface area contributed by atoms with Crippen molar-refractivity contribution >= 4 is 12.1 Å². The maximum absolute atomic E-state index is 11.3. The molecule has 25 heavy (non-hydrogen) atoms. The second kappa shape index (κ2) is 12.0. The molecule has 0 aromatic carbocycles. The standard InChI is InChI=1S/C9H20N2O.C5H9NO.C4H11N.CH4/c1-8(2,3)10-7(12)11-9(4,5)6;1-5(2,3)6-4-7;1-4(2,3)5;/h1-6H3,(H2,10,11,12);1-3H3;5H2,1-3H3;1H4. The van der Waals surface area contributed by atoms with Crippen molar-refractivity contribution in [3.05, 3.63) is 0 Å². The number of rotatable bonds is 0. The summed E-state index contributed by atoms with van der Waals surface area (Å²) in [5.41, 5.74) is 4.76. The highest BCUT2D eigenvalue weighted by atomic mass is 16.2. The lowest BCUT2D eigenvalue weighted by molar-refractivity contribution is 0.223. The first-order valence-corrected chi connectivity index (χ1v) is 8.14. The van der Waals surface area contributed by atoms with Gasteiger partial charge >= 0.3 is 6.03 Å². The maximum atomic E-state index is 11.3. The average molecular weight is 361 g/mol. The molecule has 6 heteroatoms. The number of hydrogen-bond acceptors (Lipinski definition) is 4. The Morgan fingerprint density at radius 1 is 0.800 bits per heavy atom. The molecule has 6 nitrogen and oxygen atoms in total. The number of carbonyl (C=O) groups excluding carboxylic acids is 2. The Morgan fingerprint density at radius 2 is 1.04 bits per heavy atom. The van der Waals surface area contributed by atoms with Gasteiger partial charge in [0.2, 0.25) is 6.08 Å². The third-order valence-electron chi connectivity index (χ3n) is 1.36. The minimum absolute atomic E-state index is 0. The van der Waals surface area contributed by atoms with Crippen molar-refractivity contribution in [2.75, 3.05) is 0 Å². The van der Waals surface area contributed by atoms with E-state index in [1.165, 1.54) is 6.08 Å². The zero-order chi connectivity index (χ0) is 20.4. The summed E-state index contributed by atoms with van der Waals surface area (Å²) >= 11 is 0. The van der Waals surface area contributed by atoms with Gasteiger partial charge in [-0.1, -0.05) is 7.43 Å². The van der Waals surface area contributed by atoms with Crippen molar-refractivity contribution in [3.63, 3.8) is 0 Å². The quantitative estimate of drug-likeness (QED) is 0.441. The van der Waals surface area contributed by atoms with E-state index in [2.05, 4.69) is 15.6 Å². The lowest BCUT2D eigenvalue weighted by Crippen LogP contribution is -2.52. The van der Waals surface area contributed by atoms with E-state index in [9.17, 15) is 9.59 Å². The van der Waals surface area contributed by atoms with E-state index in [4.69, 9.17) is 5.73 Å². The van der Waals surface area contributed by atoms with Crippen LogP contribution in [0.15, 0.2) is 4.99 Å². The van der Waals surface area contributed by atoms with Crippen LogP contribution >= 0.6 is 0 Å². The van der Waals surface area contributed by atoms with E-state index >= 15 is 0 Å². The molecule has 0 aliphatic heterocycles. The number of amides is 2. The van der Waals surface area contributed by atoms with Crippen LogP contribution in [0.5, 0.6) is 0 Å². The van der Waals surface area contributed by atoms with Crippen LogP contribution in [0.2, 0.25) is 0 Å². The Hall–Kier alpha value is -1.39. The molecule has 0 aliphatic rings. The third-order valence-corrected chi connectivity index (χ3v) is 1.36. The van der Waals surface area contributed by atoms with E-state index in [-0.39, 0.29) is 35.6 Å². The van der Waals surface area contributed by atoms with Crippen LogP contribution in [-0.2, 0) is 4.79 Å². The summed E-state index contributed by atoms with van der Waals surface area (Å²) in [7, 11) is 0. The van der Waals surface area contributed by atoms with Crippen molar-refractivity contribution in [2.24, 2.45) is 10.7 Å². The number of carbonyl (C=O) groups is 1. The molecule has 0 aliphatic carbocycles. The van der Waals surface area contributed by atoms with Crippen molar-refractivity contribution in [1.82, 2.24) is 10.6 Å². The minimum Gasteiger partial charge on any atom is -0.334 e. The van der Waals surface area contributed by atoms with Crippen molar-refractivity contribution in [2.45, 2.75) is 113 Å². The van der Waals surface area contributed by atoms with Gasteiger partial charge in [-0.05, 0) is 83.1 Å². The lowest BCUT2D eigenvalue weighted by Gasteiger charge is -2.26. The first-order chi connectivity index (χ1) is 10.2. The number of nitrogens with one attached hydrogen (secondary N) is 2. The van der Waals surface area contributed by atoms with Crippen LogP contribution in [0.3, 0.4) is 0 Å². The number of isocyanates is 1. The van der Waals surface area contributed by atoms with E-state index in [1.54, 1.807) is 0 Å². The van der Waals surface area contributed by atoms with Gasteiger partial charge in [0.15, 0.2) is 0 Å². The van der Waals surface area contributed by atoms with Crippen LogP contribution in [0.4, 0.5) is 4.79 Å². The Balaban J connectivity index is -0.000000145. The number of nitrogens with zero attached hydrogens (tertiary/aromatic N) is 1. The largest absolute Gasteiger partial charge is 0.334 e. The second-order valence-corrected chi connectivity index (χ2v) is 9.82. The summed E-state index contributed by atoms with van der Waals surface area (Å²) < 4.78 is 0. The Labute approximate surface area is 156 Å². The van der Waals surface area contributed by atoms with Crippen LogP contribution in [-0.4, -0.2) is 34.3 Å². The third kappa shape index (κ3) is 60.4. The Bertz CT molecular complexity index is 375. The summed E-state index contributed by atoms with van der Waals surface area (Å²) in [6, 6.07) is -0.116. The highest BCUT2D eigenvalue weighted by Crippen LogP contribution is 2.03. The minimum atomic E-state index is -0.248. The molecule has 0 unspecified atom stereocenters. The van der Waals surface area contributed by atoms with Crippen molar-refractivity contribution in [3.8, 4) is 0 Å². The molecule has 0 aromatic heterocycles. The van der Waals surface area contributed by atoms with Gasteiger partial charge in [0.05, 0.1) is 5.54 Å². The van der Waals surface area contributed by atoms with Gasteiger partial charge in [-0.25, -0.2) is 14.6 Å². The fourth-order valence-electron chi connectivity index (χ4n) is 0.849. The maximum Gasteiger partial charge on any atom is 0.315 e.